The number of aromatic amines is 3. The lowest BCUT2D eigenvalue weighted by Crippen LogP contribution is -2.48. The van der Waals surface area contributed by atoms with Crippen molar-refractivity contribution in [2.75, 3.05) is 13.1 Å². The molecule has 0 spiro atoms. The lowest BCUT2D eigenvalue weighted by Gasteiger charge is -2.38. The molecular weight excluding hydrogens is 256 g/mol. The lowest BCUT2D eigenvalue weighted by molar-refractivity contribution is 0.0593. The van der Waals surface area contributed by atoms with Gasteiger partial charge in [-0.05, 0) is 6.07 Å². The molecule has 0 saturated carbocycles. The van der Waals surface area contributed by atoms with E-state index in [0.29, 0.717) is 23.8 Å². The summed E-state index contributed by atoms with van der Waals surface area (Å²) in [5.41, 5.74) is 1.18. The highest BCUT2D eigenvalue weighted by molar-refractivity contribution is 6.30. The van der Waals surface area contributed by atoms with Crippen LogP contribution in [-0.2, 0) is 0 Å². The predicted molar refractivity (Wildman–Crippen MR) is 65.9 cm³/mol. The van der Waals surface area contributed by atoms with Crippen LogP contribution < -0.4 is 5.56 Å². The summed E-state index contributed by atoms with van der Waals surface area (Å²) in [5, 5.41) is 5.81. The van der Waals surface area contributed by atoms with Crippen molar-refractivity contribution in [3.8, 4) is 0 Å². The maximum atomic E-state index is 12.0. The summed E-state index contributed by atoms with van der Waals surface area (Å²) >= 11 is 5.75. The smallest absolute Gasteiger partial charge is 0.270 e. The van der Waals surface area contributed by atoms with Crippen molar-refractivity contribution in [3.63, 3.8) is 0 Å². The molecule has 0 aliphatic carbocycles. The molecule has 2 aromatic heterocycles. The number of hydrogen-bond acceptors (Lipinski definition) is 2. The first-order chi connectivity index (χ1) is 8.63. The second-order valence-electron chi connectivity index (χ2n) is 4.35. The minimum absolute atomic E-state index is 0.0731. The number of likely N-dealkylation sites (tertiary alicyclic amines) is 1. The number of halogens is 1. The minimum atomic E-state index is -0.147. The Morgan fingerprint density at radius 2 is 2.11 bits per heavy atom. The number of hydrogen-bond donors (Lipinski definition) is 3. The molecule has 3 rings (SSSR count). The topological polar surface area (TPSA) is 84.8 Å². The summed E-state index contributed by atoms with van der Waals surface area (Å²) in [7, 11) is 0. The fraction of sp³-hybridized carbons (Fsp3) is 0.273. The van der Waals surface area contributed by atoms with E-state index >= 15 is 0 Å². The van der Waals surface area contributed by atoms with Crippen LogP contribution in [0, 0.1) is 0 Å². The third-order valence-electron chi connectivity index (χ3n) is 3.10. The molecule has 0 aromatic carbocycles. The highest BCUT2D eigenvalue weighted by Gasteiger charge is 2.33. The van der Waals surface area contributed by atoms with Crippen LogP contribution in [0.25, 0.3) is 0 Å². The predicted octanol–water partition coefficient (Wildman–Crippen LogP) is 0.924. The Labute approximate surface area is 107 Å². The SMILES string of the molecule is O=C(c1cc(Cl)c[nH]1)N1CC(c2cc(=O)[nH][nH]2)C1. The zero-order valence-electron chi connectivity index (χ0n) is 9.37. The molecular formula is C11H11ClN4O2. The van der Waals surface area contributed by atoms with Crippen molar-refractivity contribution < 1.29 is 4.79 Å². The van der Waals surface area contributed by atoms with Gasteiger partial charge in [-0.1, -0.05) is 11.6 Å². The van der Waals surface area contributed by atoms with Gasteiger partial charge in [0.2, 0.25) is 0 Å². The fourth-order valence-electron chi connectivity index (χ4n) is 2.07. The summed E-state index contributed by atoms with van der Waals surface area (Å²) in [5.74, 6) is 0.120. The zero-order valence-corrected chi connectivity index (χ0v) is 10.1. The summed E-state index contributed by atoms with van der Waals surface area (Å²) < 4.78 is 0. The van der Waals surface area contributed by atoms with Gasteiger partial charge in [0.05, 0.1) is 5.02 Å². The van der Waals surface area contributed by atoms with E-state index in [4.69, 9.17) is 11.6 Å². The van der Waals surface area contributed by atoms with Crippen LogP contribution in [0.3, 0.4) is 0 Å². The van der Waals surface area contributed by atoms with Gasteiger partial charge in [0.15, 0.2) is 0 Å². The Balaban J connectivity index is 1.65. The quantitative estimate of drug-likeness (QED) is 0.755. The molecule has 1 aliphatic heterocycles. The second kappa shape index (κ2) is 4.06. The first-order valence-electron chi connectivity index (χ1n) is 5.54. The van der Waals surface area contributed by atoms with Gasteiger partial charge in [-0.3, -0.25) is 14.7 Å². The average molecular weight is 267 g/mol. The second-order valence-corrected chi connectivity index (χ2v) is 4.79. The molecule has 1 amide bonds. The number of carbonyl (C=O) groups is 1. The summed E-state index contributed by atoms with van der Waals surface area (Å²) in [6.07, 6.45) is 1.58. The maximum Gasteiger partial charge on any atom is 0.270 e. The molecule has 0 radical (unpaired) electrons. The van der Waals surface area contributed by atoms with E-state index in [2.05, 4.69) is 15.2 Å². The lowest BCUT2D eigenvalue weighted by atomic mass is 9.96. The summed E-state index contributed by atoms with van der Waals surface area (Å²) in [6, 6.07) is 3.13. The minimum Gasteiger partial charge on any atom is -0.356 e. The Hall–Kier alpha value is -1.95. The van der Waals surface area contributed by atoms with Crippen molar-refractivity contribution in [3.05, 3.63) is 45.1 Å². The van der Waals surface area contributed by atoms with Crippen molar-refractivity contribution in [1.82, 2.24) is 20.1 Å². The number of amides is 1. The molecule has 3 heterocycles. The van der Waals surface area contributed by atoms with E-state index in [-0.39, 0.29) is 17.4 Å². The molecule has 2 aromatic rings. The number of H-pyrrole nitrogens is 3. The van der Waals surface area contributed by atoms with E-state index in [1.165, 1.54) is 6.07 Å². The normalized spacial score (nSPS) is 15.7. The molecule has 6 nitrogen and oxygen atoms in total. The molecule has 0 bridgehead atoms. The van der Waals surface area contributed by atoms with E-state index in [1.54, 1.807) is 17.2 Å². The Morgan fingerprint density at radius 1 is 1.33 bits per heavy atom. The highest BCUT2D eigenvalue weighted by Crippen LogP contribution is 2.26. The van der Waals surface area contributed by atoms with E-state index < -0.39 is 0 Å². The number of nitrogens with one attached hydrogen (secondary N) is 3. The maximum absolute atomic E-state index is 12.0. The van der Waals surface area contributed by atoms with Crippen LogP contribution in [0.1, 0.15) is 22.1 Å². The standard InChI is InChI=1S/C11H11ClN4O2/c12-7-1-9(13-3-7)11(18)16-4-6(5-16)8-2-10(17)15-14-8/h1-3,6,13H,4-5H2,(H2,14,15,17). The van der Waals surface area contributed by atoms with E-state index in [1.807, 2.05) is 0 Å². The van der Waals surface area contributed by atoms with Crippen LogP contribution in [0.5, 0.6) is 0 Å². The Bertz CT molecular complexity index is 635. The first kappa shape index (κ1) is 11.2. The Morgan fingerprint density at radius 3 is 2.67 bits per heavy atom. The number of carbonyl (C=O) groups excluding carboxylic acids is 1. The van der Waals surface area contributed by atoms with Gasteiger partial charge >= 0.3 is 0 Å². The molecule has 3 N–H and O–H groups in total. The van der Waals surface area contributed by atoms with Crippen LogP contribution in [-0.4, -0.2) is 39.1 Å². The van der Waals surface area contributed by atoms with Gasteiger partial charge < -0.3 is 15.0 Å². The number of rotatable bonds is 2. The van der Waals surface area contributed by atoms with Crippen LogP contribution in [0.15, 0.2) is 23.1 Å². The van der Waals surface area contributed by atoms with Gasteiger partial charge in [0.25, 0.3) is 11.5 Å². The van der Waals surface area contributed by atoms with Gasteiger partial charge in [0, 0.05) is 37.0 Å². The number of nitrogens with zero attached hydrogens (tertiary/aromatic N) is 1. The van der Waals surface area contributed by atoms with E-state index in [9.17, 15) is 9.59 Å². The van der Waals surface area contributed by atoms with Crippen molar-refractivity contribution in [2.45, 2.75) is 5.92 Å². The molecule has 94 valence electrons. The van der Waals surface area contributed by atoms with Gasteiger partial charge in [-0.25, -0.2) is 0 Å². The van der Waals surface area contributed by atoms with Crippen molar-refractivity contribution >= 4 is 17.5 Å². The summed E-state index contributed by atoms with van der Waals surface area (Å²) in [4.78, 5) is 27.5. The molecule has 1 fully saturated rings. The largest absolute Gasteiger partial charge is 0.356 e. The molecule has 18 heavy (non-hydrogen) atoms. The molecule has 1 saturated heterocycles. The zero-order chi connectivity index (χ0) is 12.7. The summed E-state index contributed by atoms with van der Waals surface area (Å²) in [6.45, 7) is 1.20. The molecule has 0 atom stereocenters. The third-order valence-corrected chi connectivity index (χ3v) is 3.32. The first-order valence-corrected chi connectivity index (χ1v) is 5.92. The average Bonchev–Trinajstić information content (AvgIpc) is 2.85. The molecule has 1 aliphatic rings. The van der Waals surface area contributed by atoms with Gasteiger partial charge in [-0.15, -0.1) is 0 Å². The van der Waals surface area contributed by atoms with Crippen LogP contribution in [0.4, 0.5) is 0 Å². The monoisotopic (exact) mass is 266 g/mol. The Kier molecular flexibility index (Phi) is 2.52. The highest BCUT2D eigenvalue weighted by atomic mass is 35.5. The van der Waals surface area contributed by atoms with Gasteiger partial charge in [0.1, 0.15) is 5.69 Å². The molecule has 7 heteroatoms. The van der Waals surface area contributed by atoms with Crippen LogP contribution >= 0.6 is 11.6 Å². The van der Waals surface area contributed by atoms with Gasteiger partial charge in [-0.2, -0.15) is 0 Å². The van der Waals surface area contributed by atoms with Crippen LogP contribution in [0.2, 0.25) is 5.02 Å². The molecule has 0 unspecified atom stereocenters. The van der Waals surface area contributed by atoms with Crippen molar-refractivity contribution in [1.29, 1.82) is 0 Å². The van der Waals surface area contributed by atoms with E-state index in [0.717, 1.165) is 5.69 Å². The fourth-order valence-corrected chi connectivity index (χ4v) is 2.23. The van der Waals surface area contributed by atoms with Crippen molar-refractivity contribution in [2.24, 2.45) is 0 Å². The number of aromatic nitrogens is 3. The third kappa shape index (κ3) is 1.84.